The molecule has 0 atom stereocenters. The number of nitrogens with zero attached hydrogens (tertiary/aromatic N) is 2. The predicted molar refractivity (Wildman–Crippen MR) is 106 cm³/mol. The summed E-state index contributed by atoms with van der Waals surface area (Å²) in [4.78, 5) is 20.6. The van der Waals surface area contributed by atoms with E-state index in [9.17, 15) is 13.2 Å². The van der Waals surface area contributed by atoms with Gasteiger partial charge in [-0.3, -0.25) is 4.79 Å². The van der Waals surface area contributed by atoms with E-state index in [1.807, 2.05) is 0 Å². The molecule has 148 valence electrons. The molecule has 0 bridgehead atoms. The first kappa shape index (κ1) is 18.9. The van der Waals surface area contributed by atoms with Crippen molar-refractivity contribution in [1.82, 2.24) is 9.97 Å². The number of nitrogens with one attached hydrogen (secondary N) is 1. The van der Waals surface area contributed by atoms with Crippen LogP contribution in [0.25, 0.3) is 0 Å². The minimum absolute atomic E-state index is 0.123. The van der Waals surface area contributed by atoms with Gasteiger partial charge in [0.25, 0.3) is 0 Å². The molecule has 0 unspecified atom stereocenters. The highest BCUT2D eigenvalue weighted by atomic mass is 32.2. The average Bonchev–Trinajstić information content (AvgIpc) is 3.17. The van der Waals surface area contributed by atoms with Crippen LogP contribution in [0.15, 0.2) is 29.2 Å². The molecule has 1 aromatic heterocycles. The van der Waals surface area contributed by atoms with Crippen molar-refractivity contribution in [3.63, 3.8) is 0 Å². The smallest absolute Gasteiger partial charge is 0.221 e. The van der Waals surface area contributed by atoms with Crippen molar-refractivity contribution in [2.24, 2.45) is 5.73 Å². The molecule has 7 nitrogen and oxygen atoms in total. The number of anilines is 2. The minimum Gasteiger partial charge on any atom is -0.369 e. The molecular formula is C20H24N4O3S. The average molecular weight is 401 g/mol. The van der Waals surface area contributed by atoms with E-state index < -0.39 is 15.7 Å². The van der Waals surface area contributed by atoms with Crippen molar-refractivity contribution in [2.75, 3.05) is 11.1 Å². The molecule has 1 saturated carbocycles. The van der Waals surface area contributed by atoms with Crippen LogP contribution >= 0.6 is 0 Å². The van der Waals surface area contributed by atoms with Gasteiger partial charge in [-0.1, -0.05) is 25.0 Å². The molecule has 1 fully saturated rings. The maximum absolute atomic E-state index is 12.7. The van der Waals surface area contributed by atoms with E-state index in [0.29, 0.717) is 36.0 Å². The van der Waals surface area contributed by atoms with Crippen LogP contribution in [0.3, 0.4) is 0 Å². The first-order valence-electron chi connectivity index (χ1n) is 9.70. The number of rotatable bonds is 5. The number of benzene rings is 1. The zero-order valence-corrected chi connectivity index (χ0v) is 16.5. The van der Waals surface area contributed by atoms with E-state index in [1.165, 1.54) is 0 Å². The molecular weight excluding hydrogens is 376 g/mol. The maximum Gasteiger partial charge on any atom is 0.221 e. The Morgan fingerprint density at radius 3 is 2.50 bits per heavy atom. The number of sulfone groups is 1. The van der Waals surface area contributed by atoms with Crippen molar-refractivity contribution in [3.8, 4) is 0 Å². The Bertz CT molecular complexity index is 997. The molecule has 0 saturated heterocycles. The molecule has 1 aliphatic carbocycles. The van der Waals surface area contributed by atoms with Crippen LogP contribution < -0.4 is 11.1 Å². The van der Waals surface area contributed by atoms with Crippen molar-refractivity contribution in [2.45, 2.75) is 55.8 Å². The maximum atomic E-state index is 12.7. The van der Waals surface area contributed by atoms with Gasteiger partial charge in [0.1, 0.15) is 10.7 Å². The van der Waals surface area contributed by atoms with Crippen molar-refractivity contribution in [3.05, 3.63) is 41.3 Å². The lowest BCUT2D eigenvalue weighted by Gasteiger charge is -2.21. The third-order valence-corrected chi connectivity index (χ3v) is 7.28. The van der Waals surface area contributed by atoms with E-state index in [0.717, 1.165) is 37.1 Å². The van der Waals surface area contributed by atoms with Gasteiger partial charge in [-0.25, -0.2) is 18.4 Å². The zero-order chi connectivity index (χ0) is 19.7. The monoisotopic (exact) mass is 400 g/mol. The third-order valence-electron chi connectivity index (χ3n) is 5.41. The molecule has 2 aliphatic rings. The first-order chi connectivity index (χ1) is 13.4. The second-order valence-corrected chi connectivity index (χ2v) is 9.62. The van der Waals surface area contributed by atoms with Crippen LogP contribution in [0.2, 0.25) is 0 Å². The summed E-state index contributed by atoms with van der Waals surface area (Å²) in [6.07, 6.45) is 5.84. The second-order valence-electron chi connectivity index (χ2n) is 7.58. The predicted octanol–water partition coefficient (Wildman–Crippen LogP) is 2.63. The zero-order valence-electron chi connectivity index (χ0n) is 15.6. The van der Waals surface area contributed by atoms with Gasteiger partial charge in [-0.2, -0.15) is 0 Å². The second kappa shape index (κ2) is 7.50. The molecule has 1 amide bonds. The molecule has 4 rings (SSSR count). The number of aryl methyl sites for hydroxylation is 1. The summed E-state index contributed by atoms with van der Waals surface area (Å²) in [5.74, 6) is 1.15. The lowest BCUT2D eigenvalue weighted by atomic mass is 10.1. The van der Waals surface area contributed by atoms with Gasteiger partial charge >= 0.3 is 0 Å². The summed E-state index contributed by atoms with van der Waals surface area (Å²) in [6.45, 7) is 0. The summed E-state index contributed by atoms with van der Waals surface area (Å²) in [6, 6.07) is 7.20. The summed E-state index contributed by atoms with van der Waals surface area (Å²) in [7, 11) is -3.41. The number of primary amides is 1. The van der Waals surface area contributed by atoms with Gasteiger partial charge < -0.3 is 11.1 Å². The Balaban J connectivity index is 1.72. The molecule has 3 N–H and O–H groups in total. The number of carbonyl (C=O) groups excluding carboxylic acids is 1. The summed E-state index contributed by atoms with van der Waals surface area (Å²) < 4.78 is 25.4. The van der Waals surface area contributed by atoms with Crippen molar-refractivity contribution < 1.29 is 13.2 Å². The molecule has 2 aromatic rings. The number of nitrogens with two attached hydrogens (primary N) is 1. The SMILES string of the molecule is NC(=O)Cc1ccc(Nc2nc(C3CCCC3)nc3c2S(=O)(=O)CCC3)cc1. The molecule has 1 aliphatic heterocycles. The largest absolute Gasteiger partial charge is 0.369 e. The molecule has 8 heteroatoms. The normalized spacial score (nSPS) is 18.6. The Labute approximate surface area is 164 Å². The molecule has 1 aromatic carbocycles. The Morgan fingerprint density at radius 1 is 1.11 bits per heavy atom. The number of hydrogen-bond acceptors (Lipinski definition) is 6. The molecule has 2 heterocycles. The highest BCUT2D eigenvalue weighted by Crippen LogP contribution is 2.37. The van der Waals surface area contributed by atoms with Crippen LogP contribution in [-0.4, -0.2) is 30.0 Å². The lowest BCUT2D eigenvalue weighted by molar-refractivity contribution is -0.117. The lowest BCUT2D eigenvalue weighted by Crippen LogP contribution is -2.22. The number of hydrogen-bond donors (Lipinski definition) is 2. The van der Waals surface area contributed by atoms with Crippen LogP contribution in [-0.2, 0) is 27.5 Å². The van der Waals surface area contributed by atoms with E-state index in [-0.39, 0.29) is 17.1 Å². The standard InChI is InChI=1S/C20H24N4O3S/c21-17(25)12-13-7-9-15(10-8-13)22-20-18-16(6-3-11-28(18,26)27)23-19(24-20)14-4-1-2-5-14/h7-10,14H,1-6,11-12H2,(H2,21,25)(H,22,23,24). The van der Waals surface area contributed by atoms with Crippen molar-refractivity contribution in [1.29, 1.82) is 0 Å². The fraction of sp³-hybridized carbons (Fsp3) is 0.450. The van der Waals surface area contributed by atoms with Crippen LogP contribution in [0.5, 0.6) is 0 Å². The number of carbonyl (C=O) groups is 1. The van der Waals surface area contributed by atoms with E-state index in [4.69, 9.17) is 5.73 Å². The summed E-state index contributed by atoms with van der Waals surface area (Å²) >= 11 is 0. The third kappa shape index (κ3) is 3.87. The Morgan fingerprint density at radius 2 is 1.82 bits per heavy atom. The van der Waals surface area contributed by atoms with Crippen LogP contribution in [0.1, 0.15) is 55.1 Å². The van der Waals surface area contributed by atoms with Gasteiger partial charge in [-0.05, 0) is 43.4 Å². The fourth-order valence-corrected chi connectivity index (χ4v) is 5.67. The summed E-state index contributed by atoms with van der Waals surface area (Å²) in [5, 5.41) is 3.19. The van der Waals surface area contributed by atoms with E-state index in [2.05, 4.69) is 15.3 Å². The number of aromatic nitrogens is 2. The quantitative estimate of drug-likeness (QED) is 0.797. The fourth-order valence-electron chi connectivity index (χ4n) is 4.04. The van der Waals surface area contributed by atoms with Gasteiger partial charge in [0, 0.05) is 11.6 Å². The highest BCUT2D eigenvalue weighted by Gasteiger charge is 2.32. The van der Waals surface area contributed by atoms with Gasteiger partial charge in [0.05, 0.1) is 17.9 Å². The number of amides is 1. The van der Waals surface area contributed by atoms with E-state index in [1.54, 1.807) is 24.3 Å². The molecule has 0 spiro atoms. The van der Waals surface area contributed by atoms with Crippen LogP contribution in [0, 0.1) is 0 Å². The van der Waals surface area contributed by atoms with Gasteiger partial charge in [0.2, 0.25) is 5.91 Å². The number of fused-ring (bicyclic) bond motifs is 1. The first-order valence-corrected chi connectivity index (χ1v) is 11.4. The van der Waals surface area contributed by atoms with Crippen molar-refractivity contribution >= 4 is 27.2 Å². The van der Waals surface area contributed by atoms with Crippen LogP contribution in [0.4, 0.5) is 11.5 Å². The topological polar surface area (TPSA) is 115 Å². The summed E-state index contributed by atoms with van der Waals surface area (Å²) in [5.41, 5.74) is 7.39. The Kier molecular flexibility index (Phi) is 5.05. The van der Waals surface area contributed by atoms with E-state index >= 15 is 0 Å². The van der Waals surface area contributed by atoms with Gasteiger partial charge in [0.15, 0.2) is 15.7 Å². The molecule has 0 radical (unpaired) electrons. The van der Waals surface area contributed by atoms with Gasteiger partial charge in [-0.15, -0.1) is 0 Å². The molecule has 28 heavy (non-hydrogen) atoms. The minimum atomic E-state index is -3.41. The highest BCUT2D eigenvalue weighted by molar-refractivity contribution is 7.91. The Hall–Kier alpha value is -2.48.